The van der Waals surface area contributed by atoms with E-state index in [0.717, 1.165) is 32.5 Å². The quantitative estimate of drug-likeness (QED) is 0.903. The van der Waals surface area contributed by atoms with E-state index in [1.165, 1.54) is 16.9 Å². The van der Waals surface area contributed by atoms with Gasteiger partial charge in [-0.25, -0.2) is 0 Å². The van der Waals surface area contributed by atoms with Crippen molar-refractivity contribution in [2.45, 2.75) is 18.8 Å². The van der Waals surface area contributed by atoms with E-state index in [9.17, 15) is 0 Å². The molecule has 4 heteroatoms. The molecule has 0 spiro atoms. The van der Waals surface area contributed by atoms with E-state index in [2.05, 4.69) is 40.3 Å². The van der Waals surface area contributed by atoms with Crippen LogP contribution in [-0.4, -0.2) is 29.4 Å². The molecule has 0 saturated heterocycles. The van der Waals surface area contributed by atoms with Crippen molar-refractivity contribution in [2.75, 3.05) is 24.5 Å². The lowest BCUT2D eigenvalue weighted by atomic mass is 9.98. The molecule has 4 nitrogen and oxygen atoms in total. The van der Waals surface area contributed by atoms with Crippen LogP contribution in [0.25, 0.3) is 0 Å². The molecule has 0 bridgehead atoms. The molecule has 0 aliphatic carbocycles. The standard InChI is InChI=1S/C16H22N4/c1-19-14(7-10-18-19)8-11-20-12-13(6-9-17)15-4-2-3-5-16(15)20/h2-5,7,10,13H,6,8-9,11-12,17H2,1H3. The van der Waals surface area contributed by atoms with Crippen LogP contribution in [-0.2, 0) is 13.5 Å². The van der Waals surface area contributed by atoms with Gasteiger partial charge in [0, 0.05) is 50.1 Å². The summed E-state index contributed by atoms with van der Waals surface area (Å²) in [7, 11) is 2.00. The largest absolute Gasteiger partial charge is 0.370 e. The van der Waals surface area contributed by atoms with Gasteiger partial charge in [0.25, 0.3) is 0 Å². The van der Waals surface area contributed by atoms with E-state index >= 15 is 0 Å². The lowest BCUT2D eigenvalue weighted by molar-refractivity contribution is 0.634. The van der Waals surface area contributed by atoms with Crippen molar-refractivity contribution in [2.24, 2.45) is 12.8 Å². The Hall–Kier alpha value is -1.81. The van der Waals surface area contributed by atoms with Gasteiger partial charge in [-0.05, 0) is 30.7 Å². The van der Waals surface area contributed by atoms with Gasteiger partial charge in [0.15, 0.2) is 0 Å². The summed E-state index contributed by atoms with van der Waals surface area (Å²) in [5.41, 5.74) is 9.88. The van der Waals surface area contributed by atoms with E-state index in [1.54, 1.807) is 0 Å². The van der Waals surface area contributed by atoms with Crippen LogP contribution >= 0.6 is 0 Å². The van der Waals surface area contributed by atoms with Gasteiger partial charge in [-0.15, -0.1) is 0 Å². The summed E-state index contributed by atoms with van der Waals surface area (Å²) < 4.78 is 1.96. The average Bonchev–Trinajstić information content (AvgIpc) is 3.02. The highest BCUT2D eigenvalue weighted by Gasteiger charge is 2.27. The molecule has 0 radical (unpaired) electrons. The van der Waals surface area contributed by atoms with Crippen LogP contribution in [0.2, 0.25) is 0 Å². The third kappa shape index (κ3) is 2.43. The fraction of sp³-hybridized carbons (Fsp3) is 0.438. The van der Waals surface area contributed by atoms with Crippen LogP contribution in [0.4, 0.5) is 5.69 Å². The summed E-state index contributed by atoms with van der Waals surface area (Å²) in [4.78, 5) is 2.49. The molecule has 1 aliphatic heterocycles. The Morgan fingerprint density at radius 1 is 1.30 bits per heavy atom. The highest BCUT2D eigenvalue weighted by molar-refractivity contribution is 5.60. The maximum absolute atomic E-state index is 5.75. The first-order chi connectivity index (χ1) is 9.79. The fourth-order valence-corrected chi connectivity index (χ4v) is 3.14. The molecule has 1 aliphatic rings. The second-order valence-electron chi connectivity index (χ2n) is 5.48. The first-order valence-corrected chi connectivity index (χ1v) is 7.30. The number of rotatable bonds is 5. The minimum atomic E-state index is 0.586. The van der Waals surface area contributed by atoms with E-state index in [0.29, 0.717) is 5.92 Å². The predicted octanol–water partition coefficient (Wildman–Crippen LogP) is 1.92. The number of aryl methyl sites for hydroxylation is 1. The van der Waals surface area contributed by atoms with Gasteiger partial charge in [-0.1, -0.05) is 18.2 Å². The number of aromatic nitrogens is 2. The molecule has 1 atom stereocenters. The average molecular weight is 270 g/mol. The SMILES string of the molecule is Cn1nccc1CCN1CC(CCN)c2ccccc21. The van der Waals surface area contributed by atoms with Gasteiger partial charge in [-0.3, -0.25) is 4.68 Å². The molecule has 1 unspecified atom stereocenters. The molecule has 1 aromatic heterocycles. The Balaban J connectivity index is 1.73. The number of hydrogen-bond acceptors (Lipinski definition) is 3. The molecule has 2 aromatic rings. The van der Waals surface area contributed by atoms with Crippen LogP contribution in [0.3, 0.4) is 0 Å². The molecular formula is C16H22N4. The normalized spacial score (nSPS) is 17.5. The maximum atomic E-state index is 5.75. The molecule has 3 rings (SSSR count). The third-order valence-corrected chi connectivity index (χ3v) is 4.23. The van der Waals surface area contributed by atoms with Gasteiger partial charge >= 0.3 is 0 Å². The van der Waals surface area contributed by atoms with Crippen molar-refractivity contribution in [3.63, 3.8) is 0 Å². The second-order valence-corrected chi connectivity index (χ2v) is 5.48. The number of anilines is 1. The van der Waals surface area contributed by atoms with E-state index < -0.39 is 0 Å². The number of hydrogen-bond donors (Lipinski definition) is 1. The summed E-state index contributed by atoms with van der Waals surface area (Å²) in [6, 6.07) is 10.8. The fourth-order valence-electron chi connectivity index (χ4n) is 3.14. The maximum Gasteiger partial charge on any atom is 0.0492 e. The van der Waals surface area contributed by atoms with Crippen molar-refractivity contribution in [3.8, 4) is 0 Å². The monoisotopic (exact) mass is 270 g/mol. The summed E-state index contributed by atoms with van der Waals surface area (Å²) >= 11 is 0. The smallest absolute Gasteiger partial charge is 0.0492 e. The van der Waals surface area contributed by atoms with Gasteiger partial charge < -0.3 is 10.6 Å². The summed E-state index contributed by atoms with van der Waals surface area (Å²) in [6.45, 7) is 2.89. The Morgan fingerprint density at radius 2 is 2.15 bits per heavy atom. The number of benzene rings is 1. The van der Waals surface area contributed by atoms with Crippen molar-refractivity contribution in [1.82, 2.24) is 9.78 Å². The summed E-state index contributed by atoms with van der Waals surface area (Å²) in [5, 5.41) is 4.23. The summed E-state index contributed by atoms with van der Waals surface area (Å²) in [5.74, 6) is 0.586. The molecule has 0 amide bonds. The van der Waals surface area contributed by atoms with Crippen molar-refractivity contribution < 1.29 is 0 Å². The molecule has 2 N–H and O–H groups in total. The highest BCUT2D eigenvalue weighted by atomic mass is 15.3. The number of fused-ring (bicyclic) bond motifs is 1. The van der Waals surface area contributed by atoms with Gasteiger partial charge in [-0.2, -0.15) is 5.10 Å². The second kappa shape index (κ2) is 5.67. The van der Waals surface area contributed by atoms with Crippen LogP contribution in [0.5, 0.6) is 0 Å². The minimum Gasteiger partial charge on any atom is -0.370 e. The lowest BCUT2D eigenvalue weighted by Gasteiger charge is -2.20. The first kappa shape index (κ1) is 13.2. The van der Waals surface area contributed by atoms with Crippen molar-refractivity contribution >= 4 is 5.69 Å². The van der Waals surface area contributed by atoms with Gasteiger partial charge in [0.05, 0.1) is 0 Å². The zero-order valence-corrected chi connectivity index (χ0v) is 12.0. The van der Waals surface area contributed by atoms with Crippen LogP contribution in [0.15, 0.2) is 36.5 Å². The molecule has 0 saturated carbocycles. The van der Waals surface area contributed by atoms with Crippen molar-refractivity contribution in [1.29, 1.82) is 0 Å². The molecule has 0 fully saturated rings. The molecule has 2 heterocycles. The zero-order chi connectivity index (χ0) is 13.9. The Bertz CT molecular complexity index is 575. The Morgan fingerprint density at radius 3 is 2.90 bits per heavy atom. The summed E-state index contributed by atoms with van der Waals surface area (Å²) in [6.07, 6.45) is 3.96. The Labute approximate surface area is 120 Å². The third-order valence-electron chi connectivity index (χ3n) is 4.23. The minimum absolute atomic E-state index is 0.586. The van der Waals surface area contributed by atoms with E-state index in [1.807, 2.05) is 17.9 Å². The van der Waals surface area contributed by atoms with Crippen LogP contribution in [0, 0.1) is 0 Å². The predicted molar refractivity (Wildman–Crippen MR) is 82.0 cm³/mol. The lowest BCUT2D eigenvalue weighted by Crippen LogP contribution is -2.25. The number of nitrogens with two attached hydrogens (primary N) is 1. The number of nitrogens with zero attached hydrogens (tertiary/aromatic N) is 3. The molecular weight excluding hydrogens is 248 g/mol. The van der Waals surface area contributed by atoms with E-state index in [-0.39, 0.29) is 0 Å². The number of para-hydroxylation sites is 1. The van der Waals surface area contributed by atoms with Gasteiger partial charge in [0.1, 0.15) is 0 Å². The van der Waals surface area contributed by atoms with E-state index in [4.69, 9.17) is 5.73 Å². The molecule has 106 valence electrons. The molecule has 20 heavy (non-hydrogen) atoms. The molecule has 1 aromatic carbocycles. The first-order valence-electron chi connectivity index (χ1n) is 7.30. The van der Waals surface area contributed by atoms with Crippen molar-refractivity contribution in [3.05, 3.63) is 47.8 Å². The topological polar surface area (TPSA) is 47.1 Å². The van der Waals surface area contributed by atoms with Crippen LogP contribution in [0.1, 0.15) is 23.6 Å². The Kier molecular flexibility index (Phi) is 3.74. The zero-order valence-electron chi connectivity index (χ0n) is 12.0. The van der Waals surface area contributed by atoms with Crippen LogP contribution < -0.4 is 10.6 Å². The highest BCUT2D eigenvalue weighted by Crippen LogP contribution is 2.37. The van der Waals surface area contributed by atoms with Gasteiger partial charge in [0.2, 0.25) is 0 Å².